The number of hydrogen-bond acceptors (Lipinski definition) is 1. The van der Waals surface area contributed by atoms with Crippen molar-refractivity contribution in [3.63, 3.8) is 0 Å². The predicted molar refractivity (Wildman–Crippen MR) is 67.9 cm³/mol. The Hall–Kier alpha value is -0.790. The molecule has 0 aliphatic rings. The Balaban J connectivity index is 2.07. The van der Waals surface area contributed by atoms with E-state index >= 15 is 0 Å². The number of halogens is 1. The summed E-state index contributed by atoms with van der Waals surface area (Å²) < 4.78 is 0. The van der Waals surface area contributed by atoms with Crippen molar-refractivity contribution in [2.24, 2.45) is 0 Å². The van der Waals surface area contributed by atoms with E-state index in [9.17, 15) is 0 Å². The van der Waals surface area contributed by atoms with Crippen LogP contribution in [-0.4, -0.2) is 0 Å². The van der Waals surface area contributed by atoms with E-state index in [1.807, 2.05) is 17.4 Å². The van der Waals surface area contributed by atoms with Gasteiger partial charge in [0.05, 0.1) is 0 Å². The fourth-order valence-electron chi connectivity index (χ4n) is 1.62. The molecular weight excluding hydrogens is 224 g/mol. The largest absolute Gasteiger partial charge is 0.149 e. The first-order valence-electron chi connectivity index (χ1n) is 5.03. The first kappa shape index (κ1) is 10.7. The fraction of sp³-hybridized carbons (Fsp3) is 0.231. The topological polar surface area (TPSA) is 0 Å². The van der Waals surface area contributed by atoms with Crippen LogP contribution in [0, 0.1) is 6.92 Å². The maximum absolute atomic E-state index is 5.98. The second-order valence-electron chi connectivity index (χ2n) is 3.65. The third-order valence-electron chi connectivity index (χ3n) is 2.53. The lowest BCUT2D eigenvalue weighted by Gasteiger charge is -2.05. The number of aryl methyl sites for hydroxylation is 3. The van der Waals surface area contributed by atoms with Gasteiger partial charge in [-0.1, -0.05) is 23.7 Å². The summed E-state index contributed by atoms with van der Waals surface area (Å²) in [6, 6.07) is 10.4. The summed E-state index contributed by atoms with van der Waals surface area (Å²) >= 11 is 7.80. The molecule has 0 radical (unpaired) electrons. The van der Waals surface area contributed by atoms with Gasteiger partial charge in [-0.25, -0.2) is 0 Å². The van der Waals surface area contributed by atoms with Crippen LogP contribution in [0.5, 0.6) is 0 Å². The SMILES string of the molecule is Cc1ccc(Cl)cc1CCc1cccs1. The Bertz CT molecular complexity index is 432. The van der Waals surface area contributed by atoms with Gasteiger partial charge in [-0.3, -0.25) is 0 Å². The van der Waals surface area contributed by atoms with Crippen LogP contribution in [0.25, 0.3) is 0 Å². The third-order valence-corrected chi connectivity index (χ3v) is 3.70. The summed E-state index contributed by atoms with van der Waals surface area (Å²) in [6.45, 7) is 2.14. The van der Waals surface area contributed by atoms with E-state index < -0.39 is 0 Å². The van der Waals surface area contributed by atoms with Crippen LogP contribution < -0.4 is 0 Å². The molecule has 2 heteroatoms. The summed E-state index contributed by atoms with van der Waals surface area (Å²) in [7, 11) is 0. The number of rotatable bonds is 3. The average molecular weight is 237 g/mol. The Morgan fingerprint density at radius 1 is 1.20 bits per heavy atom. The van der Waals surface area contributed by atoms with E-state index in [-0.39, 0.29) is 0 Å². The zero-order valence-corrected chi connectivity index (χ0v) is 10.2. The molecule has 0 aliphatic heterocycles. The van der Waals surface area contributed by atoms with Crippen LogP contribution in [0.4, 0.5) is 0 Å². The van der Waals surface area contributed by atoms with Gasteiger partial charge >= 0.3 is 0 Å². The lowest BCUT2D eigenvalue weighted by atomic mass is 10.0. The minimum absolute atomic E-state index is 0.835. The molecule has 78 valence electrons. The molecule has 2 aromatic rings. The maximum atomic E-state index is 5.98. The van der Waals surface area contributed by atoms with E-state index in [1.54, 1.807) is 0 Å². The van der Waals surface area contributed by atoms with Gasteiger partial charge in [-0.2, -0.15) is 0 Å². The Morgan fingerprint density at radius 2 is 2.07 bits per heavy atom. The first-order chi connectivity index (χ1) is 7.25. The molecule has 0 fully saturated rings. The van der Waals surface area contributed by atoms with E-state index in [0.717, 1.165) is 17.9 Å². The summed E-state index contributed by atoms with van der Waals surface area (Å²) in [5.41, 5.74) is 2.69. The molecule has 1 heterocycles. The van der Waals surface area contributed by atoms with Gasteiger partial charge in [0.1, 0.15) is 0 Å². The molecule has 0 amide bonds. The molecular formula is C13H13ClS. The van der Waals surface area contributed by atoms with Gasteiger partial charge in [0.25, 0.3) is 0 Å². The fourth-order valence-corrected chi connectivity index (χ4v) is 2.53. The molecule has 0 atom stereocenters. The number of hydrogen-bond donors (Lipinski definition) is 0. The second kappa shape index (κ2) is 4.82. The van der Waals surface area contributed by atoms with Gasteiger partial charge in [-0.05, 0) is 54.5 Å². The van der Waals surface area contributed by atoms with Crippen LogP contribution in [-0.2, 0) is 12.8 Å². The Morgan fingerprint density at radius 3 is 2.80 bits per heavy atom. The lowest BCUT2D eigenvalue weighted by Crippen LogP contribution is -1.92. The second-order valence-corrected chi connectivity index (χ2v) is 5.12. The molecule has 0 nitrogen and oxygen atoms in total. The highest BCUT2D eigenvalue weighted by Crippen LogP contribution is 2.18. The standard InChI is InChI=1S/C13H13ClS/c1-10-4-6-12(14)9-11(10)5-7-13-3-2-8-15-13/h2-4,6,8-9H,5,7H2,1H3. The van der Waals surface area contributed by atoms with Crippen molar-refractivity contribution in [2.45, 2.75) is 19.8 Å². The average Bonchev–Trinajstić information content (AvgIpc) is 2.72. The highest BCUT2D eigenvalue weighted by Gasteiger charge is 2.01. The predicted octanol–water partition coefficient (Wildman–Crippen LogP) is 4.50. The van der Waals surface area contributed by atoms with E-state index in [4.69, 9.17) is 11.6 Å². The summed E-state index contributed by atoms with van der Waals surface area (Å²) in [5, 5.41) is 2.96. The van der Waals surface area contributed by atoms with Gasteiger partial charge in [0.15, 0.2) is 0 Å². The molecule has 1 aromatic heterocycles. The monoisotopic (exact) mass is 236 g/mol. The van der Waals surface area contributed by atoms with Crippen molar-refractivity contribution in [3.05, 3.63) is 56.7 Å². The van der Waals surface area contributed by atoms with Crippen molar-refractivity contribution >= 4 is 22.9 Å². The van der Waals surface area contributed by atoms with Gasteiger partial charge < -0.3 is 0 Å². The van der Waals surface area contributed by atoms with Gasteiger partial charge in [0, 0.05) is 9.90 Å². The smallest absolute Gasteiger partial charge is 0.0408 e. The van der Waals surface area contributed by atoms with Crippen molar-refractivity contribution in [3.8, 4) is 0 Å². The van der Waals surface area contributed by atoms with Crippen molar-refractivity contribution in [1.82, 2.24) is 0 Å². The van der Waals surface area contributed by atoms with Crippen molar-refractivity contribution < 1.29 is 0 Å². The van der Waals surface area contributed by atoms with Crippen molar-refractivity contribution in [1.29, 1.82) is 0 Å². The molecule has 2 rings (SSSR count). The van der Waals surface area contributed by atoms with Crippen LogP contribution in [0.2, 0.25) is 5.02 Å². The van der Waals surface area contributed by atoms with Crippen LogP contribution in [0.3, 0.4) is 0 Å². The summed E-state index contributed by atoms with van der Waals surface area (Å²) in [5.74, 6) is 0. The first-order valence-corrected chi connectivity index (χ1v) is 6.29. The molecule has 0 aliphatic carbocycles. The molecule has 0 spiro atoms. The molecule has 0 N–H and O–H groups in total. The summed E-state index contributed by atoms with van der Waals surface area (Å²) in [4.78, 5) is 1.44. The minimum atomic E-state index is 0.835. The highest BCUT2D eigenvalue weighted by molar-refractivity contribution is 7.09. The molecule has 1 aromatic carbocycles. The maximum Gasteiger partial charge on any atom is 0.0408 e. The third kappa shape index (κ3) is 2.83. The molecule has 0 saturated carbocycles. The summed E-state index contributed by atoms with van der Waals surface area (Å²) in [6.07, 6.45) is 2.19. The number of benzene rings is 1. The van der Waals surface area contributed by atoms with Gasteiger partial charge in [-0.15, -0.1) is 11.3 Å². The van der Waals surface area contributed by atoms with Crippen molar-refractivity contribution in [2.75, 3.05) is 0 Å². The Kier molecular flexibility index (Phi) is 3.45. The Labute approximate surface area is 99.5 Å². The number of thiophene rings is 1. The highest BCUT2D eigenvalue weighted by atomic mass is 35.5. The van der Waals surface area contributed by atoms with E-state index in [2.05, 4.69) is 36.6 Å². The minimum Gasteiger partial charge on any atom is -0.149 e. The van der Waals surface area contributed by atoms with Crippen LogP contribution in [0.1, 0.15) is 16.0 Å². The van der Waals surface area contributed by atoms with Gasteiger partial charge in [0.2, 0.25) is 0 Å². The molecule has 15 heavy (non-hydrogen) atoms. The van der Waals surface area contributed by atoms with Crippen LogP contribution in [0.15, 0.2) is 35.7 Å². The van der Waals surface area contributed by atoms with E-state index in [1.165, 1.54) is 16.0 Å². The quantitative estimate of drug-likeness (QED) is 0.737. The van der Waals surface area contributed by atoms with Crippen LogP contribution >= 0.6 is 22.9 Å². The lowest BCUT2D eigenvalue weighted by molar-refractivity contribution is 0.968. The van der Waals surface area contributed by atoms with E-state index in [0.29, 0.717) is 0 Å². The zero-order chi connectivity index (χ0) is 10.7. The zero-order valence-electron chi connectivity index (χ0n) is 8.66. The molecule has 0 unspecified atom stereocenters. The normalized spacial score (nSPS) is 10.5. The molecule has 0 bridgehead atoms. The molecule has 0 saturated heterocycles.